The van der Waals surface area contributed by atoms with Crippen LogP contribution in [-0.4, -0.2) is 39.3 Å². The third kappa shape index (κ3) is 8.45. The summed E-state index contributed by atoms with van der Waals surface area (Å²) >= 11 is 0. The SMILES string of the molecule is Cc1c(C)c2c(c(C)c1O)CCC(C)(C(=CN1CC(C)C[C@H]1C(=O)O)CCC(C)CCCC(C)CCCC(C)C)O2. The molecule has 3 rings (SSSR count). The number of likely N-dealkylation sites (tertiary alicyclic amines) is 1. The number of phenolic OH excluding ortho intramolecular Hbond substituents is 1. The molecule has 1 fully saturated rings. The lowest BCUT2D eigenvalue weighted by molar-refractivity contribution is -0.141. The number of carboxylic acids is 1. The van der Waals surface area contributed by atoms with E-state index < -0.39 is 17.6 Å². The van der Waals surface area contributed by atoms with E-state index in [9.17, 15) is 15.0 Å². The van der Waals surface area contributed by atoms with Gasteiger partial charge in [-0.3, -0.25) is 0 Å². The number of hydrogen-bond acceptors (Lipinski definition) is 4. The molecule has 0 spiro atoms. The van der Waals surface area contributed by atoms with E-state index >= 15 is 0 Å². The maximum Gasteiger partial charge on any atom is 0.326 e. The van der Waals surface area contributed by atoms with Crippen LogP contribution in [-0.2, 0) is 11.2 Å². The number of aromatic hydroxyl groups is 1. The lowest BCUT2D eigenvalue weighted by atomic mass is 9.80. The van der Waals surface area contributed by atoms with E-state index in [1.165, 1.54) is 44.1 Å². The average Bonchev–Trinajstić information content (AvgIpc) is 3.28. The Morgan fingerprint density at radius 3 is 2.22 bits per heavy atom. The number of carbonyl (C=O) groups is 1. The van der Waals surface area contributed by atoms with Crippen molar-refractivity contribution in [3.8, 4) is 11.5 Å². The van der Waals surface area contributed by atoms with E-state index in [1.807, 2.05) is 20.8 Å². The van der Waals surface area contributed by atoms with E-state index in [0.29, 0.717) is 24.0 Å². The largest absolute Gasteiger partial charge is 0.507 e. The van der Waals surface area contributed by atoms with Gasteiger partial charge in [-0.25, -0.2) is 4.79 Å². The van der Waals surface area contributed by atoms with Gasteiger partial charge in [-0.05, 0) is 106 Å². The van der Waals surface area contributed by atoms with Gasteiger partial charge in [-0.1, -0.05) is 73.1 Å². The molecule has 1 aromatic rings. The Labute approximate surface area is 250 Å². The molecule has 0 aromatic heterocycles. The maximum atomic E-state index is 12.1. The summed E-state index contributed by atoms with van der Waals surface area (Å²) in [6.07, 6.45) is 14.3. The Hall–Kier alpha value is -2.17. The number of phenols is 1. The number of aliphatic carboxylic acids is 1. The van der Waals surface area contributed by atoms with Crippen LogP contribution in [0.15, 0.2) is 11.8 Å². The Bertz CT molecular complexity index is 1080. The summed E-state index contributed by atoms with van der Waals surface area (Å²) in [5.41, 5.74) is 4.61. The third-order valence-corrected chi connectivity index (χ3v) is 10.1. The number of ether oxygens (including phenoxy) is 1. The molecule has 2 N–H and O–H groups in total. The quantitative estimate of drug-likeness (QED) is 0.234. The van der Waals surface area contributed by atoms with Crippen molar-refractivity contribution in [1.29, 1.82) is 0 Å². The van der Waals surface area contributed by atoms with Gasteiger partial charge in [-0.15, -0.1) is 0 Å². The fourth-order valence-corrected chi connectivity index (χ4v) is 6.98. The molecule has 0 saturated carbocycles. The van der Waals surface area contributed by atoms with Crippen molar-refractivity contribution in [3.63, 3.8) is 0 Å². The predicted octanol–water partition coefficient (Wildman–Crippen LogP) is 9.13. The minimum Gasteiger partial charge on any atom is -0.507 e. The number of carboxylic acid groups (broad SMARTS) is 1. The van der Waals surface area contributed by atoms with Crippen molar-refractivity contribution in [2.24, 2.45) is 23.7 Å². The van der Waals surface area contributed by atoms with E-state index in [1.54, 1.807) is 0 Å². The molecule has 41 heavy (non-hydrogen) atoms. The summed E-state index contributed by atoms with van der Waals surface area (Å²) in [4.78, 5) is 14.2. The van der Waals surface area contributed by atoms with Gasteiger partial charge in [0.2, 0.25) is 0 Å². The topological polar surface area (TPSA) is 70.0 Å². The summed E-state index contributed by atoms with van der Waals surface area (Å²) < 4.78 is 6.91. The lowest BCUT2D eigenvalue weighted by Gasteiger charge is -2.40. The zero-order valence-electron chi connectivity index (χ0n) is 27.6. The highest BCUT2D eigenvalue weighted by Crippen LogP contribution is 2.46. The first-order chi connectivity index (χ1) is 19.2. The van der Waals surface area contributed by atoms with Gasteiger partial charge in [0, 0.05) is 18.3 Å². The highest BCUT2D eigenvalue weighted by Gasteiger charge is 2.40. The van der Waals surface area contributed by atoms with Crippen LogP contribution < -0.4 is 4.74 Å². The van der Waals surface area contributed by atoms with Crippen LogP contribution in [0.2, 0.25) is 0 Å². The molecule has 0 radical (unpaired) electrons. The Morgan fingerprint density at radius 2 is 1.61 bits per heavy atom. The Balaban J connectivity index is 1.76. The average molecular weight is 570 g/mol. The predicted molar refractivity (Wildman–Crippen MR) is 170 cm³/mol. The molecular weight excluding hydrogens is 510 g/mol. The molecule has 0 aliphatic carbocycles. The Morgan fingerprint density at radius 1 is 1.00 bits per heavy atom. The number of hydrogen-bond donors (Lipinski definition) is 2. The van der Waals surface area contributed by atoms with Crippen molar-refractivity contribution < 1.29 is 19.7 Å². The van der Waals surface area contributed by atoms with Gasteiger partial charge in [0.15, 0.2) is 0 Å². The van der Waals surface area contributed by atoms with Gasteiger partial charge in [0.25, 0.3) is 0 Å². The van der Waals surface area contributed by atoms with E-state index in [2.05, 4.69) is 52.6 Å². The highest BCUT2D eigenvalue weighted by atomic mass is 16.5. The summed E-state index contributed by atoms with van der Waals surface area (Å²) in [7, 11) is 0. The first-order valence-corrected chi connectivity index (χ1v) is 16.4. The molecule has 5 atom stereocenters. The first-order valence-electron chi connectivity index (χ1n) is 16.4. The van der Waals surface area contributed by atoms with E-state index in [4.69, 9.17) is 4.74 Å². The molecule has 0 amide bonds. The van der Waals surface area contributed by atoms with Crippen LogP contribution >= 0.6 is 0 Å². The monoisotopic (exact) mass is 569 g/mol. The van der Waals surface area contributed by atoms with Crippen molar-refractivity contribution >= 4 is 5.97 Å². The molecule has 2 aliphatic heterocycles. The second kappa shape index (κ2) is 14.3. The molecular formula is C36H59NO4. The molecule has 232 valence electrons. The molecule has 5 nitrogen and oxygen atoms in total. The van der Waals surface area contributed by atoms with Crippen LogP contribution in [0.1, 0.15) is 128 Å². The normalized spacial score (nSPS) is 24.3. The third-order valence-electron chi connectivity index (χ3n) is 10.1. The van der Waals surface area contributed by atoms with Crippen LogP contribution in [0.5, 0.6) is 11.5 Å². The minimum atomic E-state index is -0.738. The fourth-order valence-electron chi connectivity index (χ4n) is 6.98. The Kier molecular flexibility index (Phi) is 11.7. The molecule has 5 heteroatoms. The van der Waals surface area contributed by atoms with Gasteiger partial charge >= 0.3 is 5.97 Å². The van der Waals surface area contributed by atoms with Gasteiger partial charge in [-0.2, -0.15) is 0 Å². The summed E-state index contributed by atoms with van der Waals surface area (Å²) in [6.45, 7) is 20.5. The molecule has 2 heterocycles. The minimum absolute atomic E-state index is 0.353. The zero-order chi connectivity index (χ0) is 30.5. The van der Waals surface area contributed by atoms with Crippen LogP contribution in [0.4, 0.5) is 0 Å². The van der Waals surface area contributed by atoms with Crippen LogP contribution in [0, 0.1) is 44.4 Å². The van der Waals surface area contributed by atoms with Crippen molar-refractivity contribution in [3.05, 3.63) is 34.0 Å². The number of nitrogens with zero attached hydrogens (tertiary/aromatic N) is 1. The first kappa shape index (κ1) is 33.3. The number of benzene rings is 1. The summed E-state index contributed by atoms with van der Waals surface area (Å²) in [6, 6.07) is -0.475. The van der Waals surface area contributed by atoms with E-state index in [0.717, 1.165) is 72.1 Å². The standard InChI is InChI=1S/C36H59NO4/c1-23(2)12-10-13-24(3)14-11-15-25(4)16-17-30(22-37-21-26(5)20-32(37)35(39)40)36(9)19-18-31-29(8)33(38)27(6)28(7)34(31)41-36/h22-26,32,38H,10-21H2,1-9H3,(H,39,40)/t24?,25?,26?,32-,36?/m0/s1. The zero-order valence-corrected chi connectivity index (χ0v) is 27.6. The molecule has 4 unspecified atom stereocenters. The van der Waals surface area contributed by atoms with Gasteiger partial charge < -0.3 is 19.8 Å². The van der Waals surface area contributed by atoms with Gasteiger partial charge in [0.05, 0.1) is 0 Å². The fraction of sp³-hybridized carbons (Fsp3) is 0.750. The van der Waals surface area contributed by atoms with Crippen LogP contribution in [0.3, 0.4) is 0 Å². The second-order valence-corrected chi connectivity index (χ2v) is 14.4. The van der Waals surface area contributed by atoms with Crippen molar-refractivity contribution in [2.75, 3.05) is 6.54 Å². The van der Waals surface area contributed by atoms with Crippen LogP contribution in [0.25, 0.3) is 0 Å². The second-order valence-electron chi connectivity index (χ2n) is 14.4. The molecule has 1 aromatic carbocycles. The smallest absolute Gasteiger partial charge is 0.326 e. The molecule has 0 bridgehead atoms. The lowest BCUT2D eigenvalue weighted by Crippen LogP contribution is -2.41. The maximum absolute atomic E-state index is 12.1. The number of rotatable bonds is 14. The van der Waals surface area contributed by atoms with Crippen molar-refractivity contribution in [2.45, 2.75) is 145 Å². The number of fused-ring (bicyclic) bond motifs is 1. The van der Waals surface area contributed by atoms with E-state index in [-0.39, 0.29) is 0 Å². The summed E-state index contributed by atoms with van der Waals surface area (Å²) in [5.74, 6) is 3.10. The summed E-state index contributed by atoms with van der Waals surface area (Å²) in [5, 5.41) is 20.6. The molecule has 1 saturated heterocycles. The van der Waals surface area contributed by atoms with Gasteiger partial charge in [0.1, 0.15) is 23.1 Å². The highest BCUT2D eigenvalue weighted by molar-refractivity contribution is 5.74. The molecule has 2 aliphatic rings. The van der Waals surface area contributed by atoms with Crippen molar-refractivity contribution in [1.82, 2.24) is 4.90 Å².